The maximum atomic E-state index is 12.2. The fourth-order valence-electron chi connectivity index (χ4n) is 2.60. The number of rotatable bonds is 9. The van der Waals surface area contributed by atoms with E-state index in [4.69, 9.17) is 15.2 Å². The first-order valence-electron chi connectivity index (χ1n) is 7.31. The van der Waals surface area contributed by atoms with E-state index < -0.39 is 5.54 Å². The lowest BCUT2D eigenvalue weighted by Gasteiger charge is -2.33. The molecule has 2 fully saturated rings. The van der Waals surface area contributed by atoms with Crippen LogP contribution in [0.4, 0.5) is 0 Å². The normalized spacial score (nSPS) is 22.3. The van der Waals surface area contributed by atoms with Gasteiger partial charge in [0.05, 0.1) is 13.2 Å². The van der Waals surface area contributed by atoms with E-state index in [1.807, 2.05) is 6.92 Å². The molecule has 0 aromatic heterocycles. The van der Waals surface area contributed by atoms with E-state index in [-0.39, 0.29) is 11.9 Å². The molecule has 0 bridgehead atoms. The third-order valence-electron chi connectivity index (χ3n) is 4.07. The summed E-state index contributed by atoms with van der Waals surface area (Å²) in [6, 6.07) is 0.575. The van der Waals surface area contributed by atoms with Crippen LogP contribution < -0.4 is 5.73 Å². The average molecular weight is 270 g/mol. The molecule has 2 aliphatic rings. The van der Waals surface area contributed by atoms with Gasteiger partial charge in [-0.3, -0.25) is 4.90 Å². The van der Waals surface area contributed by atoms with Crippen molar-refractivity contribution in [2.45, 2.75) is 44.2 Å². The number of carbonyl (C=O) groups excluding carboxylic acids is 1. The number of hydrogen-bond acceptors (Lipinski definition) is 5. The molecule has 110 valence electrons. The highest BCUT2D eigenvalue weighted by molar-refractivity contribution is 5.82. The SMILES string of the molecule is CCOC(=O)C(N)(CN(CCOC)C1CC1)C1CC1. The van der Waals surface area contributed by atoms with Gasteiger partial charge in [0.1, 0.15) is 5.54 Å². The summed E-state index contributed by atoms with van der Waals surface area (Å²) in [6.07, 6.45) is 4.48. The first-order chi connectivity index (χ1) is 9.11. The molecule has 0 amide bonds. The van der Waals surface area contributed by atoms with Gasteiger partial charge >= 0.3 is 5.97 Å². The molecule has 0 aromatic carbocycles. The molecule has 0 aromatic rings. The summed E-state index contributed by atoms with van der Waals surface area (Å²) in [4.78, 5) is 14.5. The van der Waals surface area contributed by atoms with Crippen molar-refractivity contribution in [1.29, 1.82) is 0 Å². The standard InChI is InChI=1S/C14H26N2O3/c1-3-19-13(17)14(15,11-4-5-11)10-16(8-9-18-2)12-6-7-12/h11-12H,3-10,15H2,1-2H3. The summed E-state index contributed by atoms with van der Waals surface area (Å²) < 4.78 is 10.3. The van der Waals surface area contributed by atoms with Crippen molar-refractivity contribution in [1.82, 2.24) is 4.90 Å². The minimum Gasteiger partial charge on any atom is -0.465 e. The maximum Gasteiger partial charge on any atom is 0.327 e. The largest absolute Gasteiger partial charge is 0.465 e. The lowest BCUT2D eigenvalue weighted by atomic mass is 9.93. The van der Waals surface area contributed by atoms with Crippen LogP contribution in [0.2, 0.25) is 0 Å². The quantitative estimate of drug-likeness (QED) is 0.627. The first kappa shape index (κ1) is 14.8. The fraction of sp³-hybridized carbons (Fsp3) is 0.929. The molecule has 1 atom stereocenters. The molecule has 2 N–H and O–H groups in total. The Bertz CT molecular complexity index is 316. The third-order valence-corrected chi connectivity index (χ3v) is 4.07. The summed E-state index contributed by atoms with van der Waals surface area (Å²) in [5, 5.41) is 0. The van der Waals surface area contributed by atoms with Gasteiger partial charge < -0.3 is 15.2 Å². The van der Waals surface area contributed by atoms with Gasteiger partial charge in [0.25, 0.3) is 0 Å². The molecule has 2 rings (SSSR count). The first-order valence-corrected chi connectivity index (χ1v) is 7.31. The minimum absolute atomic E-state index is 0.236. The lowest BCUT2D eigenvalue weighted by Crippen LogP contribution is -2.59. The predicted octanol–water partition coefficient (Wildman–Crippen LogP) is 0.768. The highest BCUT2D eigenvalue weighted by atomic mass is 16.5. The van der Waals surface area contributed by atoms with E-state index >= 15 is 0 Å². The monoisotopic (exact) mass is 270 g/mol. The zero-order valence-electron chi connectivity index (χ0n) is 12.1. The Hall–Kier alpha value is -0.650. The molecule has 2 saturated carbocycles. The van der Waals surface area contributed by atoms with Crippen molar-refractivity contribution >= 4 is 5.97 Å². The molecule has 1 unspecified atom stereocenters. The van der Waals surface area contributed by atoms with E-state index in [9.17, 15) is 4.79 Å². The zero-order chi connectivity index (χ0) is 13.9. The number of esters is 1. The van der Waals surface area contributed by atoms with Crippen LogP contribution in [0, 0.1) is 5.92 Å². The molecule has 19 heavy (non-hydrogen) atoms. The summed E-state index contributed by atoms with van der Waals surface area (Å²) >= 11 is 0. The van der Waals surface area contributed by atoms with Crippen LogP contribution in [0.1, 0.15) is 32.6 Å². The lowest BCUT2D eigenvalue weighted by molar-refractivity contribution is -0.151. The Morgan fingerprint density at radius 2 is 2.05 bits per heavy atom. The molecule has 0 spiro atoms. The summed E-state index contributed by atoms with van der Waals surface area (Å²) in [7, 11) is 1.70. The molecule has 5 nitrogen and oxygen atoms in total. The van der Waals surface area contributed by atoms with Crippen LogP contribution in [0.25, 0.3) is 0 Å². The summed E-state index contributed by atoms with van der Waals surface area (Å²) in [5.74, 6) is 0.0518. The number of hydrogen-bond donors (Lipinski definition) is 1. The Morgan fingerprint density at radius 3 is 2.53 bits per heavy atom. The van der Waals surface area contributed by atoms with Gasteiger partial charge in [0.15, 0.2) is 0 Å². The van der Waals surface area contributed by atoms with Gasteiger partial charge in [0.2, 0.25) is 0 Å². The summed E-state index contributed by atoms with van der Waals surface area (Å²) in [6.45, 7) is 4.34. The van der Waals surface area contributed by atoms with Crippen molar-refractivity contribution in [3.8, 4) is 0 Å². The van der Waals surface area contributed by atoms with Crippen LogP contribution in [-0.2, 0) is 14.3 Å². The number of nitrogens with two attached hydrogens (primary N) is 1. The maximum absolute atomic E-state index is 12.2. The van der Waals surface area contributed by atoms with E-state index in [0.717, 1.165) is 19.4 Å². The predicted molar refractivity (Wildman–Crippen MR) is 72.7 cm³/mol. The van der Waals surface area contributed by atoms with Crippen LogP contribution in [0.5, 0.6) is 0 Å². The highest BCUT2D eigenvalue weighted by Gasteiger charge is 2.51. The topological polar surface area (TPSA) is 64.8 Å². The number of nitrogens with zero attached hydrogens (tertiary/aromatic N) is 1. The van der Waals surface area contributed by atoms with Gasteiger partial charge in [-0.15, -0.1) is 0 Å². The Kier molecular flexibility index (Phi) is 4.81. The second kappa shape index (κ2) is 6.20. The molecular weight excluding hydrogens is 244 g/mol. The van der Waals surface area contributed by atoms with Gasteiger partial charge in [0, 0.05) is 26.2 Å². The molecular formula is C14H26N2O3. The Labute approximate surface area is 115 Å². The van der Waals surface area contributed by atoms with E-state index in [0.29, 0.717) is 25.8 Å². The van der Waals surface area contributed by atoms with Crippen LogP contribution in [0.15, 0.2) is 0 Å². The van der Waals surface area contributed by atoms with Crippen molar-refractivity contribution in [3.63, 3.8) is 0 Å². The molecule has 0 saturated heterocycles. The Balaban J connectivity index is 1.99. The zero-order valence-corrected chi connectivity index (χ0v) is 12.1. The van der Waals surface area contributed by atoms with Gasteiger partial charge in [-0.1, -0.05) is 0 Å². The number of ether oxygens (including phenoxy) is 2. The smallest absolute Gasteiger partial charge is 0.327 e. The van der Waals surface area contributed by atoms with Crippen LogP contribution in [-0.4, -0.2) is 55.9 Å². The summed E-state index contributed by atoms with van der Waals surface area (Å²) in [5.41, 5.74) is 5.59. The van der Waals surface area contributed by atoms with E-state index in [2.05, 4.69) is 4.90 Å². The van der Waals surface area contributed by atoms with Gasteiger partial charge in [-0.25, -0.2) is 4.79 Å². The number of methoxy groups -OCH3 is 1. The van der Waals surface area contributed by atoms with Crippen molar-refractivity contribution in [3.05, 3.63) is 0 Å². The second-order valence-electron chi connectivity index (χ2n) is 5.73. The Morgan fingerprint density at radius 1 is 1.37 bits per heavy atom. The average Bonchev–Trinajstić information content (AvgIpc) is 3.26. The van der Waals surface area contributed by atoms with E-state index in [1.165, 1.54) is 12.8 Å². The fourth-order valence-corrected chi connectivity index (χ4v) is 2.60. The van der Waals surface area contributed by atoms with Gasteiger partial charge in [-0.2, -0.15) is 0 Å². The molecule has 0 radical (unpaired) electrons. The molecule has 5 heteroatoms. The molecule has 2 aliphatic carbocycles. The van der Waals surface area contributed by atoms with Gasteiger partial charge in [-0.05, 0) is 38.5 Å². The van der Waals surface area contributed by atoms with Crippen LogP contribution >= 0.6 is 0 Å². The number of carbonyl (C=O) groups is 1. The minimum atomic E-state index is -0.827. The highest BCUT2D eigenvalue weighted by Crippen LogP contribution is 2.40. The molecule has 0 aliphatic heterocycles. The second-order valence-corrected chi connectivity index (χ2v) is 5.73. The van der Waals surface area contributed by atoms with Crippen LogP contribution in [0.3, 0.4) is 0 Å². The van der Waals surface area contributed by atoms with E-state index in [1.54, 1.807) is 7.11 Å². The molecule has 0 heterocycles. The van der Waals surface area contributed by atoms with Crippen molar-refractivity contribution < 1.29 is 14.3 Å². The third kappa shape index (κ3) is 3.68. The van der Waals surface area contributed by atoms with Crippen molar-refractivity contribution in [2.75, 3.05) is 33.4 Å². The van der Waals surface area contributed by atoms with Crippen molar-refractivity contribution in [2.24, 2.45) is 11.7 Å².